The number of nitrogens with zero attached hydrogens (tertiary/aromatic N) is 3. The second kappa shape index (κ2) is 7.30. The van der Waals surface area contributed by atoms with E-state index in [1.54, 1.807) is 35.4 Å². The van der Waals surface area contributed by atoms with Crippen LogP contribution < -0.4 is 9.64 Å². The van der Waals surface area contributed by atoms with Gasteiger partial charge in [-0.05, 0) is 35.9 Å². The maximum absolute atomic E-state index is 14.5. The molecule has 0 aliphatic carbocycles. The number of hydrogen-bond donors (Lipinski definition) is 1. The fourth-order valence-electron chi connectivity index (χ4n) is 3.30. The molecule has 2 amide bonds. The predicted octanol–water partition coefficient (Wildman–Crippen LogP) is 3.81. The maximum Gasteiger partial charge on any atom is 0.324 e. The predicted molar refractivity (Wildman–Crippen MR) is 100 cm³/mol. The lowest BCUT2D eigenvalue weighted by Crippen LogP contribution is -2.31. The first-order valence-corrected chi connectivity index (χ1v) is 8.74. The van der Waals surface area contributed by atoms with Crippen LogP contribution in [0.2, 0.25) is 0 Å². The van der Waals surface area contributed by atoms with Crippen molar-refractivity contribution in [2.75, 3.05) is 25.1 Å². The molecule has 144 valence electrons. The summed E-state index contributed by atoms with van der Waals surface area (Å²) < 4.78 is 33.1. The smallest absolute Gasteiger partial charge is 0.324 e. The number of ether oxygens (including phenoxy) is 1. The number of carbonyl (C=O) groups excluding carboxylic acids is 1. The van der Waals surface area contributed by atoms with Crippen LogP contribution in [0.4, 0.5) is 19.3 Å². The van der Waals surface area contributed by atoms with Crippen molar-refractivity contribution in [2.24, 2.45) is 0 Å². The summed E-state index contributed by atoms with van der Waals surface area (Å²) in [5.74, 6) is -0.736. The molecular weight excluding hydrogens is 366 g/mol. The first-order valence-electron chi connectivity index (χ1n) is 8.74. The van der Waals surface area contributed by atoms with Crippen molar-refractivity contribution < 1.29 is 18.3 Å². The molecule has 1 aliphatic rings. The Labute approximate surface area is 160 Å². The van der Waals surface area contributed by atoms with Gasteiger partial charge < -0.3 is 9.64 Å². The van der Waals surface area contributed by atoms with Gasteiger partial charge in [-0.25, -0.2) is 13.6 Å². The van der Waals surface area contributed by atoms with E-state index in [4.69, 9.17) is 4.74 Å². The van der Waals surface area contributed by atoms with Crippen LogP contribution >= 0.6 is 0 Å². The lowest BCUT2D eigenvalue weighted by Gasteiger charge is -2.19. The number of aromatic nitrogens is 2. The van der Waals surface area contributed by atoms with Crippen molar-refractivity contribution >= 4 is 11.7 Å². The van der Waals surface area contributed by atoms with E-state index in [1.807, 2.05) is 0 Å². The van der Waals surface area contributed by atoms with Crippen molar-refractivity contribution in [1.82, 2.24) is 15.1 Å². The Kier molecular flexibility index (Phi) is 4.68. The van der Waals surface area contributed by atoms with E-state index >= 15 is 0 Å². The highest BCUT2D eigenvalue weighted by Gasteiger charge is 2.30. The molecule has 0 saturated carbocycles. The number of carbonyl (C=O) groups is 1. The number of benzene rings is 2. The van der Waals surface area contributed by atoms with Crippen LogP contribution in [-0.4, -0.2) is 41.3 Å². The molecule has 6 nitrogen and oxygen atoms in total. The van der Waals surface area contributed by atoms with Gasteiger partial charge in [0.2, 0.25) is 0 Å². The molecule has 0 unspecified atom stereocenters. The number of aromatic amines is 1. The fourth-order valence-corrected chi connectivity index (χ4v) is 3.30. The molecule has 28 heavy (non-hydrogen) atoms. The molecule has 1 saturated heterocycles. The average molecular weight is 384 g/mol. The van der Waals surface area contributed by atoms with Gasteiger partial charge >= 0.3 is 6.03 Å². The van der Waals surface area contributed by atoms with E-state index in [1.165, 1.54) is 30.3 Å². The average Bonchev–Trinajstić information content (AvgIpc) is 3.34. The first-order chi connectivity index (χ1) is 13.6. The second-order valence-corrected chi connectivity index (χ2v) is 6.48. The number of methoxy groups -OCH3 is 1. The van der Waals surface area contributed by atoms with Crippen LogP contribution in [0.5, 0.6) is 5.75 Å². The Morgan fingerprint density at radius 2 is 2.00 bits per heavy atom. The lowest BCUT2D eigenvalue weighted by atomic mass is 10.1. The van der Waals surface area contributed by atoms with Crippen LogP contribution in [0.3, 0.4) is 0 Å². The molecule has 0 radical (unpaired) electrons. The standard InChI is InChI=1S/C20H18F2N4O2/c1-28-19-8-13(2-5-17(19)21)12-25-6-7-26(20(25)27)15-3-4-16(18(22)9-15)14-10-23-24-11-14/h2-5,8-11H,6-7,12H2,1H3,(H,23,24). The molecule has 0 atom stereocenters. The normalized spacial score (nSPS) is 14.0. The zero-order chi connectivity index (χ0) is 19.7. The Hall–Kier alpha value is -3.42. The van der Waals surface area contributed by atoms with Crippen LogP contribution in [-0.2, 0) is 6.54 Å². The fraction of sp³-hybridized carbons (Fsp3) is 0.200. The molecule has 1 aliphatic heterocycles. The van der Waals surface area contributed by atoms with Gasteiger partial charge in [0.05, 0.1) is 13.3 Å². The molecule has 1 fully saturated rings. The highest BCUT2D eigenvalue weighted by atomic mass is 19.1. The molecule has 0 spiro atoms. The van der Waals surface area contributed by atoms with Gasteiger partial charge in [0, 0.05) is 42.6 Å². The van der Waals surface area contributed by atoms with Gasteiger partial charge in [-0.2, -0.15) is 5.10 Å². The van der Waals surface area contributed by atoms with E-state index in [2.05, 4.69) is 10.2 Å². The zero-order valence-corrected chi connectivity index (χ0v) is 15.2. The third-order valence-corrected chi connectivity index (χ3v) is 4.76. The van der Waals surface area contributed by atoms with Gasteiger partial charge in [-0.3, -0.25) is 10.00 Å². The summed E-state index contributed by atoms with van der Waals surface area (Å²) in [6.45, 7) is 1.26. The molecule has 4 rings (SSSR count). The minimum absolute atomic E-state index is 0.137. The monoisotopic (exact) mass is 384 g/mol. The molecule has 8 heteroatoms. The number of nitrogens with one attached hydrogen (secondary N) is 1. The Morgan fingerprint density at radius 1 is 1.14 bits per heavy atom. The quantitative estimate of drug-likeness (QED) is 0.728. The third-order valence-electron chi connectivity index (χ3n) is 4.76. The van der Waals surface area contributed by atoms with Crippen LogP contribution in [0.25, 0.3) is 11.1 Å². The number of H-pyrrole nitrogens is 1. The highest BCUT2D eigenvalue weighted by molar-refractivity contribution is 5.94. The van der Waals surface area contributed by atoms with Crippen LogP contribution in [0.15, 0.2) is 48.8 Å². The van der Waals surface area contributed by atoms with Crippen molar-refractivity contribution in [3.05, 3.63) is 66.0 Å². The summed E-state index contributed by atoms with van der Waals surface area (Å²) >= 11 is 0. The largest absolute Gasteiger partial charge is 0.494 e. The Bertz CT molecular complexity index is 1010. The van der Waals surface area contributed by atoms with Gasteiger partial charge in [0.15, 0.2) is 11.6 Å². The maximum atomic E-state index is 14.5. The third kappa shape index (κ3) is 3.28. The van der Waals surface area contributed by atoms with E-state index in [-0.39, 0.29) is 11.8 Å². The molecular formula is C20H18F2N4O2. The van der Waals surface area contributed by atoms with Crippen molar-refractivity contribution in [2.45, 2.75) is 6.54 Å². The summed E-state index contributed by atoms with van der Waals surface area (Å²) in [7, 11) is 1.40. The van der Waals surface area contributed by atoms with Gasteiger partial charge in [0.25, 0.3) is 0 Å². The number of halogens is 2. The highest BCUT2D eigenvalue weighted by Crippen LogP contribution is 2.29. The molecule has 3 aromatic rings. The number of anilines is 1. The number of urea groups is 1. The van der Waals surface area contributed by atoms with E-state index in [9.17, 15) is 13.6 Å². The van der Waals surface area contributed by atoms with Gasteiger partial charge in [-0.1, -0.05) is 6.07 Å². The summed E-state index contributed by atoms with van der Waals surface area (Å²) in [5, 5.41) is 6.48. The van der Waals surface area contributed by atoms with Crippen molar-refractivity contribution in [3.8, 4) is 16.9 Å². The van der Waals surface area contributed by atoms with Gasteiger partial charge in [-0.15, -0.1) is 0 Å². The number of rotatable bonds is 5. The molecule has 1 N–H and O–H groups in total. The SMILES string of the molecule is COc1cc(CN2CCN(c3ccc(-c4cn[nH]c4)c(F)c3)C2=O)ccc1F. The van der Waals surface area contributed by atoms with E-state index in [0.717, 1.165) is 5.56 Å². The minimum Gasteiger partial charge on any atom is -0.494 e. The van der Waals surface area contributed by atoms with Crippen LogP contribution in [0.1, 0.15) is 5.56 Å². The van der Waals surface area contributed by atoms with Gasteiger partial charge in [0.1, 0.15) is 5.82 Å². The summed E-state index contributed by atoms with van der Waals surface area (Å²) in [4.78, 5) is 15.9. The van der Waals surface area contributed by atoms with E-state index < -0.39 is 11.6 Å². The lowest BCUT2D eigenvalue weighted by molar-refractivity contribution is 0.218. The summed E-state index contributed by atoms with van der Waals surface area (Å²) in [5.41, 5.74) is 2.31. The first kappa shape index (κ1) is 18.0. The van der Waals surface area contributed by atoms with Crippen molar-refractivity contribution in [1.29, 1.82) is 0 Å². The van der Waals surface area contributed by atoms with E-state index in [0.29, 0.717) is 36.4 Å². The zero-order valence-electron chi connectivity index (χ0n) is 15.2. The molecule has 2 heterocycles. The number of hydrogen-bond acceptors (Lipinski definition) is 3. The molecule has 0 bridgehead atoms. The van der Waals surface area contributed by atoms with Crippen LogP contribution in [0, 0.1) is 11.6 Å². The Balaban J connectivity index is 1.51. The topological polar surface area (TPSA) is 61.5 Å². The second-order valence-electron chi connectivity index (χ2n) is 6.48. The summed E-state index contributed by atoms with van der Waals surface area (Å²) in [6.07, 6.45) is 3.15. The summed E-state index contributed by atoms with van der Waals surface area (Å²) in [6, 6.07) is 8.99. The minimum atomic E-state index is -0.450. The van der Waals surface area contributed by atoms with Crippen molar-refractivity contribution in [3.63, 3.8) is 0 Å². The molecule has 1 aromatic heterocycles. The number of amides is 2. The Morgan fingerprint density at radius 3 is 2.71 bits per heavy atom. The molecule has 2 aromatic carbocycles.